The van der Waals surface area contributed by atoms with E-state index in [0.29, 0.717) is 17.1 Å². The van der Waals surface area contributed by atoms with Crippen molar-refractivity contribution in [1.82, 2.24) is 5.32 Å². The summed E-state index contributed by atoms with van der Waals surface area (Å²) in [5.74, 6) is 0.140. The minimum Gasteiger partial charge on any atom is -0.504 e. The molecule has 2 rings (SSSR count). The minimum absolute atomic E-state index is 0.0697. The fourth-order valence-corrected chi connectivity index (χ4v) is 2.33. The number of phenolic OH excluding ortho intramolecular Hbond substituents is 2. The largest absolute Gasteiger partial charge is 0.504 e. The molecule has 0 aliphatic carbocycles. The lowest BCUT2D eigenvalue weighted by Crippen LogP contribution is -2.24. The molecule has 0 saturated heterocycles. The summed E-state index contributed by atoms with van der Waals surface area (Å²) in [7, 11) is 3.06. The van der Waals surface area contributed by atoms with Crippen LogP contribution in [0.4, 0.5) is 0 Å². The molecular weight excluding hydrogens is 360 g/mol. The zero-order chi connectivity index (χ0) is 20.5. The van der Waals surface area contributed by atoms with Crippen molar-refractivity contribution in [1.29, 1.82) is 5.26 Å². The van der Waals surface area contributed by atoms with Crippen LogP contribution in [0, 0.1) is 11.3 Å². The third-order valence-corrected chi connectivity index (χ3v) is 3.82. The predicted octanol–water partition coefficient (Wildman–Crippen LogP) is 2.89. The van der Waals surface area contributed by atoms with Crippen LogP contribution in [0.15, 0.2) is 54.1 Å². The SMILES string of the molecule is COc1ccc(CNC(=O)/C(C#N)=C/C=C/c2ccc(O)c(O)c2)cc1OC. The Kier molecular flexibility index (Phi) is 7.06. The van der Waals surface area contributed by atoms with E-state index in [0.717, 1.165) is 5.56 Å². The molecule has 0 fully saturated rings. The maximum atomic E-state index is 12.2. The van der Waals surface area contributed by atoms with Crippen LogP contribution in [0.5, 0.6) is 23.0 Å². The lowest BCUT2D eigenvalue weighted by Gasteiger charge is -2.10. The van der Waals surface area contributed by atoms with Gasteiger partial charge in [0.15, 0.2) is 23.0 Å². The van der Waals surface area contributed by atoms with Gasteiger partial charge in [-0.3, -0.25) is 4.79 Å². The summed E-state index contributed by atoms with van der Waals surface area (Å²) in [5.41, 5.74) is 1.33. The van der Waals surface area contributed by atoms with Gasteiger partial charge in [-0.1, -0.05) is 24.3 Å². The molecule has 0 unspecified atom stereocenters. The second-order valence-electron chi connectivity index (χ2n) is 5.67. The Balaban J connectivity index is 2.03. The second-order valence-corrected chi connectivity index (χ2v) is 5.67. The summed E-state index contributed by atoms with van der Waals surface area (Å²) in [6, 6.07) is 11.4. The molecule has 0 saturated carbocycles. The summed E-state index contributed by atoms with van der Waals surface area (Å²) in [4.78, 5) is 12.2. The van der Waals surface area contributed by atoms with Gasteiger partial charge in [-0.25, -0.2) is 0 Å². The Labute approximate surface area is 162 Å². The van der Waals surface area contributed by atoms with Crippen molar-refractivity contribution in [3.05, 3.63) is 65.3 Å². The average molecular weight is 380 g/mol. The highest BCUT2D eigenvalue weighted by atomic mass is 16.5. The quantitative estimate of drug-likeness (QED) is 0.295. The number of carbonyl (C=O) groups excluding carboxylic acids is 1. The molecule has 0 bridgehead atoms. The Morgan fingerprint density at radius 2 is 1.86 bits per heavy atom. The number of hydrogen-bond acceptors (Lipinski definition) is 6. The number of carbonyl (C=O) groups is 1. The zero-order valence-corrected chi connectivity index (χ0v) is 15.5. The van der Waals surface area contributed by atoms with Crippen molar-refractivity contribution in [2.75, 3.05) is 14.2 Å². The topological polar surface area (TPSA) is 112 Å². The fraction of sp³-hybridized carbons (Fsp3) is 0.143. The first-order valence-electron chi connectivity index (χ1n) is 8.28. The van der Waals surface area contributed by atoms with E-state index in [1.807, 2.05) is 6.07 Å². The third-order valence-electron chi connectivity index (χ3n) is 3.82. The molecule has 7 heteroatoms. The van der Waals surface area contributed by atoms with Gasteiger partial charge in [0.2, 0.25) is 0 Å². The fourth-order valence-electron chi connectivity index (χ4n) is 2.33. The number of hydrogen-bond donors (Lipinski definition) is 3. The van der Waals surface area contributed by atoms with Crippen LogP contribution in [0.25, 0.3) is 6.08 Å². The molecule has 1 amide bonds. The molecule has 28 heavy (non-hydrogen) atoms. The van der Waals surface area contributed by atoms with Gasteiger partial charge in [0.1, 0.15) is 11.6 Å². The van der Waals surface area contributed by atoms with E-state index < -0.39 is 5.91 Å². The van der Waals surface area contributed by atoms with Crippen molar-refractivity contribution < 1.29 is 24.5 Å². The van der Waals surface area contributed by atoms with Gasteiger partial charge in [0.25, 0.3) is 5.91 Å². The number of methoxy groups -OCH3 is 2. The molecule has 144 valence electrons. The van der Waals surface area contributed by atoms with Crippen LogP contribution in [0.3, 0.4) is 0 Å². The Morgan fingerprint density at radius 1 is 1.11 bits per heavy atom. The van der Waals surface area contributed by atoms with Crippen LogP contribution in [0.1, 0.15) is 11.1 Å². The van der Waals surface area contributed by atoms with Crippen LogP contribution >= 0.6 is 0 Å². The van der Waals surface area contributed by atoms with Crippen molar-refractivity contribution in [2.45, 2.75) is 6.54 Å². The van der Waals surface area contributed by atoms with Crippen LogP contribution in [0.2, 0.25) is 0 Å². The van der Waals surface area contributed by atoms with Gasteiger partial charge in [0, 0.05) is 6.54 Å². The molecule has 2 aromatic carbocycles. The number of benzene rings is 2. The van der Waals surface area contributed by atoms with Crippen LogP contribution in [-0.4, -0.2) is 30.3 Å². The third kappa shape index (κ3) is 5.29. The van der Waals surface area contributed by atoms with Crippen LogP contribution in [-0.2, 0) is 11.3 Å². The Bertz CT molecular complexity index is 958. The number of phenols is 2. The lowest BCUT2D eigenvalue weighted by molar-refractivity contribution is -0.117. The van der Waals surface area contributed by atoms with E-state index >= 15 is 0 Å². The van der Waals surface area contributed by atoms with Gasteiger partial charge in [-0.05, 0) is 41.5 Å². The van der Waals surface area contributed by atoms with Gasteiger partial charge < -0.3 is 25.0 Å². The number of amides is 1. The molecule has 0 spiro atoms. The Morgan fingerprint density at radius 3 is 2.50 bits per heavy atom. The summed E-state index contributed by atoms with van der Waals surface area (Å²) in [6.07, 6.45) is 4.48. The number of rotatable bonds is 7. The van der Waals surface area contributed by atoms with E-state index in [2.05, 4.69) is 5.32 Å². The lowest BCUT2D eigenvalue weighted by atomic mass is 10.1. The van der Waals surface area contributed by atoms with Crippen molar-refractivity contribution in [2.24, 2.45) is 0 Å². The molecule has 7 nitrogen and oxygen atoms in total. The number of nitriles is 1. The van der Waals surface area contributed by atoms with Gasteiger partial charge in [-0.15, -0.1) is 0 Å². The molecule has 2 aromatic rings. The number of ether oxygens (including phenoxy) is 2. The van der Waals surface area contributed by atoms with Crippen LogP contribution < -0.4 is 14.8 Å². The molecular formula is C21H20N2O5. The van der Waals surface area contributed by atoms with E-state index in [1.165, 1.54) is 38.5 Å². The molecule has 0 aliphatic rings. The molecule has 0 aliphatic heterocycles. The van der Waals surface area contributed by atoms with E-state index in [-0.39, 0.29) is 23.6 Å². The highest BCUT2D eigenvalue weighted by Gasteiger charge is 2.09. The van der Waals surface area contributed by atoms with Crippen molar-refractivity contribution in [3.8, 4) is 29.1 Å². The van der Waals surface area contributed by atoms with E-state index in [4.69, 9.17) is 9.47 Å². The van der Waals surface area contributed by atoms with Gasteiger partial charge in [-0.2, -0.15) is 5.26 Å². The first kappa shape index (κ1) is 20.4. The normalized spacial score (nSPS) is 11.1. The predicted molar refractivity (Wildman–Crippen MR) is 104 cm³/mol. The van der Waals surface area contributed by atoms with Crippen molar-refractivity contribution >= 4 is 12.0 Å². The summed E-state index contributed by atoms with van der Waals surface area (Å²) in [6.45, 7) is 0.216. The standard InChI is InChI=1S/C21H20N2O5/c1-27-19-9-7-15(11-20(19)28-2)13-23-21(26)16(12-22)5-3-4-14-6-8-17(24)18(25)10-14/h3-11,24-25H,13H2,1-2H3,(H,23,26)/b4-3+,16-5+. The molecule has 0 radical (unpaired) electrons. The maximum Gasteiger partial charge on any atom is 0.262 e. The number of nitrogens with one attached hydrogen (secondary N) is 1. The average Bonchev–Trinajstić information content (AvgIpc) is 2.71. The number of nitrogens with zero attached hydrogens (tertiary/aromatic N) is 1. The van der Waals surface area contributed by atoms with E-state index in [9.17, 15) is 20.3 Å². The number of aromatic hydroxyl groups is 2. The number of allylic oxidation sites excluding steroid dienone is 2. The Hall–Kier alpha value is -3.92. The highest BCUT2D eigenvalue weighted by Crippen LogP contribution is 2.27. The molecule has 3 N–H and O–H groups in total. The zero-order valence-electron chi connectivity index (χ0n) is 15.5. The minimum atomic E-state index is -0.518. The first-order chi connectivity index (χ1) is 13.5. The molecule has 0 heterocycles. The first-order valence-corrected chi connectivity index (χ1v) is 8.28. The summed E-state index contributed by atoms with van der Waals surface area (Å²) < 4.78 is 10.4. The summed E-state index contributed by atoms with van der Waals surface area (Å²) >= 11 is 0. The van der Waals surface area contributed by atoms with Gasteiger partial charge in [0.05, 0.1) is 14.2 Å². The highest BCUT2D eigenvalue weighted by molar-refractivity contribution is 5.97. The summed E-state index contributed by atoms with van der Waals surface area (Å²) in [5, 5.41) is 30.6. The maximum absolute atomic E-state index is 12.2. The smallest absolute Gasteiger partial charge is 0.262 e. The molecule has 0 aromatic heterocycles. The monoisotopic (exact) mass is 380 g/mol. The van der Waals surface area contributed by atoms with Crippen molar-refractivity contribution in [3.63, 3.8) is 0 Å². The molecule has 0 atom stereocenters. The second kappa shape index (κ2) is 9.69. The van der Waals surface area contributed by atoms with Gasteiger partial charge >= 0.3 is 0 Å². The van der Waals surface area contributed by atoms with E-state index in [1.54, 1.807) is 30.3 Å².